The van der Waals surface area contributed by atoms with Crippen LogP contribution in [-0.2, 0) is 28.4 Å². The van der Waals surface area contributed by atoms with E-state index in [0.29, 0.717) is 66.0 Å². The molecule has 32 heteroatoms. The van der Waals surface area contributed by atoms with Crippen molar-refractivity contribution in [3.8, 4) is 0 Å². The van der Waals surface area contributed by atoms with Gasteiger partial charge in [0.2, 0.25) is 0 Å². The minimum Gasteiger partial charge on any atom is -0.461 e. The number of alkyl halides is 21. The Hall–Kier alpha value is -3.74. The Morgan fingerprint density at radius 2 is 0.760 bits per heavy atom. The molecule has 2 aromatic rings. The quantitative estimate of drug-likeness (QED) is 0.0256. The Morgan fingerprint density at radius 3 is 1.13 bits per heavy atom. The number of allylic oxidation sites excluding steroid dienone is 5. The molecule has 0 spiro atoms. The van der Waals surface area contributed by atoms with Gasteiger partial charge in [-0.1, -0.05) is 298 Å². The first kappa shape index (κ1) is 130. The van der Waals surface area contributed by atoms with Crippen molar-refractivity contribution in [2.24, 2.45) is 134 Å². The largest absolute Gasteiger partial charge is 0.461 e. The van der Waals surface area contributed by atoms with Gasteiger partial charge in [-0.15, -0.1) is 0 Å². The normalized spacial score (nSPS) is 32.8. The topological polar surface area (TPSA) is 168 Å². The van der Waals surface area contributed by atoms with Crippen molar-refractivity contribution in [2.45, 2.75) is 432 Å². The first-order valence-electron chi connectivity index (χ1n) is 56.0. The number of aliphatic hydroxyl groups excluding tert-OH is 1. The molecule has 858 valence electrons. The second-order valence-electron chi connectivity index (χ2n) is 49.1. The highest BCUT2D eigenvalue weighted by Gasteiger charge is 2.73. The van der Waals surface area contributed by atoms with E-state index in [9.17, 15) is 118 Å². The van der Waals surface area contributed by atoms with Gasteiger partial charge < -0.3 is 34.5 Å². The lowest BCUT2D eigenvalue weighted by Crippen LogP contribution is -2.56. The maximum Gasteiger partial charge on any atom is 0.426 e. The lowest BCUT2D eigenvalue weighted by atomic mass is 9.59. The molecular formula is C118H174Br3F18O10P. The van der Waals surface area contributed by atoms with E-state index >= 15 is 0 Å². The van der Waals surface area contributed by atoms with Crippen molar-refractivity contribution in [3.63, 3.8) is 0 Å². The van der Waals surface area contributed by atoms with Crippen LogP contribution >= 0.6 is 54.9 Å². The van der Waals surface area contributed by atoms with Gasteiger partial charge >= 0.3 is 49.0 Å². The molecule has 0 bridgehead atoms. The van der Waals surface area contributed by atoms with E-state index in [1.807, 2.05) is 94.4 Å². The summed E-state index contributed by atoms with van der Waals surface area (Å²) in [6.07, 6.45) is 4.78. The van der Waals surface area contributed by atoms with Gasteiger partial charge in [-0.2, -0.15) is 79.0 Å². The van der Waals surface area contributed by atoms with E-state index in [4.69, 9.17) is 9.47 Å². The molecule has 2 aromatic carbocycles. The average molecular weight is 2370 g/mol. The predicted octanol–water partition coefficient (Wildman–Crippen LogP) is 34.6. The Morgan fingerprint density at radius 1 is 0.420 bits per heavy atom. The first-order valence-corrected chi connectivity index (χ1v) is 61.3. The SMILES string of the molecule is C=C1CC[C@H](OC(=O)CBr)C/C1=C/CP(=O)(c1ccccc1)c1ccccc1.CC(CCCBr)[C@H]1CCC2[C@@H](C)CCC[C@@]21C.CC(CCCC(O)(C(F)(F)F)C(F)(F)F)[C@H]1CCC2/C(=C/C=C3\CCC[C@H](OC(=O)CBr)C3)CCC[C@@]21C.CC(CCCC(O)(C(F)(F)F)C(F)(F)F)[C@H]1CCC2C(=O)CCC[C@@]21C.CC(CCCC(O)(C(F)(F)F)C(F)(F)F)[C@H]1CCC2[C@@H](C)CCC[C@@]21C.CC(CO)[C@H]1CCC2[C@@H](C)CCC[C@@]21C. The summed E-state index contributed by atoms with van der Waals surface area (Å²) in [7, 11) is -2.80. The molecule has 12 aliphatic carbocycles. The van der Waals surface area contributed by atoms with Gasteiger partial charge in [-0.3, -0.25) is 14.4 Å². The fourth-order valence-electron chi connectivity index (χ4n) is 31.7. The number of Topliss-reactive ketones (excluding diaryl/α,β-unsaturated/α-hetero) is 1. The summed E-state index contributed by atoms with van der Waals surface area (Å²) in [4.78, 5) is 35.4. The Kier molecular flexibility index (Phi) is 46.8. The van der Waals surface area contributed by atoms with Crippen molar-refractivity contribution in [2.75, 3.05) is 28.8 Å². The van der Waals surface area contributed by atoms with E-state index in [-0.39, 0.29) is 131 Å². The monoisotopic (exact) mass is 2360 g/mol. The number of benzene rings is 2. The second-order valence-corrected chi connectivity index (χ2v) is 53.9. The number of esters is 2. The minimum absolute atomic E-state index is 0.0361. The molecule has 14 rings (SSSR count). The third kappa shape index (κ3) is 30.6. The van der Waals surface area contributed by atoms with Gasteiger partial charge in [0.25, 0.3) is 16.8 Å². The summed E-state index contributed by atoms with van der Waals surface area (Å²) < 4.78 is 257. The number of ether oxygens (including phenoxy) is 2. The van der Waals surface area contributed by atoms with Gasteiger partial charge in [0.15, 0.2) is 0 Å². The van der Waals surface area contributed by atoms with Crippen LogP contribution in [0.5, 0.6) is 0 Å². The molecule has 0 heterocycles. The zero-order chi connectivity index (χ0) is 112. The summed E-state index contributed by atoms with van der Waals surface area (Å²) in [6, 6.07) is 19.3. The molecule has 150 heavy (non-hydrogen) atoms. The third-order valence-corrected chi connectivity index (χ3v) is 44.4. The van der Waals surface area contributed by atoms with Crippen molar-refractivity contribution in [1.82, 2.24) is 0 Å². The number of aliphatic hydroxyl groups is 4. The molecule has 12 saturated carbocycles. The maximum absolute atomic E-state index is 14.1. The van der Waals surface area contributed by atoms with Crippen LogP contribution in [0.1, 0.15) is 366 Å². The van der Waals surface area contributed by atoms with E-state index in [1.165, 1.54) is 99.9 Å². The summed E-state index contributed by atoms with van der Waals surface area (Å²) in [6.45, 7) is 33.8. The van der Waals surface area contributed by atoms with Crippen LogP contribution in [0.3, 0.4) is 0 Å². The zero-order valence-electron chi connectivity index (χ0n) is 90.8. The van der Waals surface area contributed by atoms with E-state index in [0.717, 1.165) is 185 Å². The van der Waals surface area contributed by atoms with Crippen LogP contribution in [0.25, 0.3) is 0 Å². The van der Waals surface area contributed by atoms with Gasteiger partial charge in [-0.25, -0.2) is 0 Å². The van der Waals surface area contributed by atoms with Crippen LogP contribution in [0.4, 0.5) is 79.0 Å². The number of hydrogen-bond acceptors (Lipinski definition) is 10. The highest BCUT2D eigenvalue weighted by Crippen LogP contribution is 2.66. The van der Waals surface area contributed by atoms with Gasteiger partial charge in [0.1, 0.15) is 35.8 Å². The van der Waals surface area contributed by atoms with Gasteiger partial charge in [0.05, 0.1) is 0 Å². The number of carbonyl (C=O) groups excluding carboxylic acids is 3. The Labute approximate surface area is 907 Å². The van der Waals surface area contributed by atoms with E-state index in [1.54, 1.807) is 0 Å². The number of fused-ring (bicyclic) bond motifs is 5. The standard InChI is InChI=1S/C28H39BrF6O3.C23H24BrO3P.C19H30F6O.C18H26F6O2.C16H29Br.C14H26O/c1-18(6-4-15-26(37,27(30,31)32)28(33,34)35)22-12-13-23-20(8-5-14-25(22,23)2)11-10-19-7-3-9-21(16-19)38-24(36)17-29;1-18-12-13-20(27-23(25)17-24)16-19(18)14-15-28(26,21-8-4-2-5-9-21)22-10-6-3-7-11-22;1-12-6-4-10-16(3)14(12)8-9-15(16)13(2)7-5-11-17(26,18(20,21)22)19(23,24)25;1-11(5-3-10-16(26,17(19,20)21)18(22,23)24)12-7-8-13-14(25)6-4-9-15(12,13)2;1-12-6-4-10-16(3)14(12)8-9-15(16)13(2)7-5-11-17;1-10-5-4-8-14(3)12(10)6-7-13(14)11(2)9-15/h10-11,18,21-23,37H,3-9,12-17H2,1-2H3;2-11,14,20H,1,12-13,15-17H2;12-15,26H,4-11H2,1-3H3;11-13,26H,3-10H2,1-2H3;12-15H,4-11H2,1-3H3;10-13,15H,4-9H2,1-3H3/b19-10+,20-11+;19-14-;;;;/t18?,21-,22+,23?,25+;20-;12-,13?,14?,15+,16-;11?,12-,13?,15-;12-,13?,14?,15+,16-;10-,11?,12?,13+,14-/m000100/s1. The molecule has 0 aliphatic heterocycles. The molecule has 10 unspecified atom stereocenters. The highest BCUT2D eigenvalue weighted by molar-refractivity contribution is 9.09. The van der Waals surface area contributed by atoms with E-state index in [2.05, 4.69) is 129 Å². The van der Waals surface area contributed by atoms with Crippen LogP contribution < -0.4 is 10.6 Å². The molecule has 4 N–H and O–H groups in total. The Balaban J connectivity index is 0.000000204. The van der Waals surface area contributed by atoms with Crippen LogP contribution in [0, 0.1) is 134 Å². The first-order chi connectivity index (χ1) is 69.8. The summed E-state index contributed by atoms with van der Waals surface area (Å²) in [5.74, 6) is 8.93. The van der Waals surface area contributed by atoms with Crippen LogP contribution in [-0.4, -0.2) is 133 Å². The lowest BCUT2D eigenvalue weighted by molar-refractivity contribution is -0.370. The molecule has 25 atom stereocenters. The molecule has 12 fully saturated rings. The molecule has 0 saturated heterocycles. The third-order valence-electron chi connectivity index (χ3n) is 40.0. The number of rotatable bonds is 30. The second kappa shape index (κ2) is 54.2. The summed E-state index contributed by atoms with van der Waals surface area (Å²) in [5, 5.41) is 40.6. The van der Waals surface area contributed by atoms with Crippen molar-refractivity contribution in [3.05, 3.63) is 108 Å². The number of carbonyl (C=O) groups is 3. The Bertz CT molecular complexity index is 4650. The summed E-state index contributed by atoms with van der Waals surface area (Å²) in [5.41, 5.74) is -8.12. The van der Waals surface area contributed by atoms with Crippen LogP contribution in [0.2, 0.25) is 0 Å². The lowest BCUT2D eigenvalue weighted by Gasteiger charge is -2.46. The number of hydrogen-bond donors (Lipinski definition) is 4. The maximum atomic E-state index is 14.1. The predicted molar refractivity (Wildman–Crippen MR) is 570 cm³/mol. The van der Waals surface area contributed by atoms with Crippen molar-refractivity contribution >= 4 is 83.3 Å². The molecule has 12 aliphatic rings. The molecule has 10 nitrogen and oxygen atoms in total. The molecule has 0 radical (unpaired) electrons. The smallest absolute Gasteiger partial charge is 0.426 e. The number of ketones is 1. The molecule has 0 aromatic heterocycles. The van der Waals surface area contributed by atoms with E-state index < -0.39 is 80.3 Å². The zero-order valence-corrected chi connectivity index (χ0v) is 96.5. The van der Waals surface area contributed by atoms with Crippen molar-refractivity contribution in [1.29, 1.82) is 0 Å². The average Bonchev–Trinajstić information content (AvgIpc) is 1.72. The van der Waals surface area contributed by atoms with Gasteiger partial charge in [0, 0.05) is 53.9 Å². The minimum atomic E-state index is -5.76. The highest BCUT2D eigenvalue weighted by atomic mass is 79.9. The number of halogens is 21. The van der Waals surface area contributed by atoms with Crippen molar-refractivity contribution < 1.29 is 128 Å². The fraction of sp³-hybridized carbons (Fsp3) is 0.805. The van der Waals surface area contributed by atoms with Gasteiger partial charge in [-0.05, 0) is 332 Å². The van der Waals surface area contributed by atoms with Crippen LogP contribution in [0.15, 0.2) is 108 Å². The summed E-state index contributed by atoms with van der Waals surface area (Å²) >= 11 is 9.84. The fourth-order valence-corrected chi connectivity index (χ4v) is 34.8. The molecule has 0 amide bonds. The molecular weight excluding hydrogens is 2190 g/mol.